The van der Waals surface area contributed by atoms with Gasteiger partial charge in [0.25, 0.3) is 10.0 Å². The van der Waals surface area contributed by atoms with Gasteiger partial charge in [0.15, 0.2) is 0 Å². The Balaban J connectivity index is 2.31. The SMILES string of the molecule is COCC(NS(=O)(=O)c1cc2ccccc2o1)C(=O)O. The number of para-hydroxylation sites is 1. The molecule has 1 unspecified atom stereocenters. The highest BCUT2D eigenvalue weighted by Gasteiger charge is 2.27. The molecule has 2 rings (SSSR count). The zero-order valence-corrected chi connectivity index (χ0v) is 11.4. The van der Waals surface area contributed by atoms with Gasteiger partial charge in [-0.1, -0.05) is 18.2 Å². The number of fused-ring (bicyclic) bond motifs is 1. The fourth-order valence-electron chi connectivity index (χ4n) is 1.66. The zero-order chi connectivity index (χ0) is 14.8. The summed E-state index contributed by atoms with van der Waals surface area (Å²) >= 11 is 0. The van der Waals surface area contributed by atoms with Crippen LogP contribution in [0.2, 0.25) is 0 Å². The first-order valence-corrected chi connectivity index (χ1v) is 7.15. The van der Waals surface area contributed by atoms with E-state index in [-0.39, 0.29) is 11.7 Å². The monoisotopic (exact) mass is 299 g/mol. The van der Waals surface area contributed by atoms with Crippen LogP contribution in [0.1, 0.15) is 0 Å². The van der Waals surface area contributed by atoms with Gasteiger partial charge in [-0.25, -0.2) is 8.42 Å². The van der Waals surface area contributed by atoms with Gasteiger partial charge >= 0.3 is 5.97 Å². The van der Waals surface area contributed by atoms with Gasteiger partial charge in [-0.05, 0) is 6.07 Å². The van der Waals surface area contributed by atoms with Crippen LogP contribution in [0, 0.1) is 0 Å². The van der Waals surface area contributed by atoms with Crippen LogP contribution in [0.3, 0.4) is 0 Å². The van der Waals surface area contributed by atoms with E-state index in [0.717, 1.165) is 0 Å². The van der Waals surface area contributed by atoms with Gasteiger partial charge in [0.1, 0.15) is 11.6 Å². The summed E-state index contributed by atoms with van der Waals surface area (Å²) in [6.07, 6.45) is 0. The van der Waals surface area contributed by atoms with Crippen molar-refractivity contribution in [3.05, 3.63) is 30.3 Å². The lowest BCUT2D eigenvalue weighted by molar-refractivity contribution is -0.140. The van der Waals surface area contributed by atoms with E-state index in [1.807, 2.05) is 4.72 Å². The van der Waals surface area contributed by atoms with Crippen molar-refractivity contribution in [2.24, 2.45) is 0 Å². The maximum absolute atomic E-state index is 12.1. The number of carboxylic acid groups (broad SMARTS) is 1. The van der Waals surface area contributed by atoms with Gasteiger partial charge in [-0.3, -0.25) is 4.79 Å². The van der Waals surface area contributed by atoms with E-state index in [1.54, 1.807) is 24.3 Å². The van der Waals surface area contributed by atoms with E-state index in [2.05, 4.69) is 4.74 Å². The van der Waals surface area contributed by atoms with Crippen LogP contribution in [0.25, 0.3) is 11.0 Å². The number of benzene rings is 1. The highest BCUT2D eigenvalue weighted by molar-refractivity contribution is 7.89. The standard InChI is InChI=1S/C12H13NO6S/c1-18-7-9(12(14)15)13-20(16,17)11-6-8-4-2-3-5-10(8)19-11/h2-6,9,13H,7H2,1H3,(H,14,15). The molecule has 7 nitrogen and oxygen atoms in total. The Bertz CT molecular complexity index is 687. The first-order valence-electron chi connectivity index (χ1n) is 5.66. The van der Waals surface area contributed by atoms with Crippen LogP contribution in [0.15, 0.2) is 39.8 Å². The van der Waals surface area contributed by atoms with Gasteiger partial charge in [0.2, 0.25) is 5.09 Å². The molecule has 1 atom stereocenters. The molecule has 8 heteroatoms. The highest BCUT2D eigenvalue weighted by atomic mass is 32.2. The number of ether oxygens (including phenoxy) is 1. The molecule has 1 aromatic heterocycles. The number of methoxy groups -OCH3 is 1. The molecule has 1 heterocycles. The summed E-state index contributed by atoms with van der Waals surface area (Å²) in [6.45, 7) is -0.283. The molecular formula is C12H13NO6S. The second-order valence-electron chi connectivity index (χ2n) is 4.07. The number of carboxylic acids is 1. The molecule has 0 radical (unpaired) electrons. The lowest BCUT2D eigenvalue weighted by Crippen LogP contribution is -2.43. The summed E-state index contributed by atoms with van der Waals surface area (Å²) in [4.78, 5) is 10.9. The van der Waals surface area contributed by atoms with Crippen LogP contribution in [-0.2, 0) is 19.6 Å². The zero-order valence-electron chi connectivity index (χ0n) is 10.6. The van der Waals surface area contributed by atoms with Crippen LogP contribution >= 0.6 is 0 Å². The van der Waals surface area contributed by atoms with Crippen LogP contribution in [0.4, 0.5) is 0 Å². The fraction of sp³-hybridized carbons (Fsp3) is 0.250. The molecule has 0 saturated carbocycles. The number of carbonyl (C=O) groups is 1. The summed E-state index contributed by atoms with van der Waals surface area (Å²) in [6, 6.07) is 6.73. The molecule has 0 aliphatic carbocycles. The Kier molecular flexibility index (Phi) is 4.07. The van der Waals surface area contributed by atoms with Crippen molar-refractivity contribution in [2.75, 3.05) is 13.7 Å². The minimum atomic E-state index is -4.07. The van der Waals surface area contributed by atoms with E-state index in [4.69, 9.17) is 9.52 Å². The number of rotatable bonds is 6. The van der Waals surface area contributed by atoms with Crippen molar-refractivity contribution in [1.82, 2.24) is 4.72 Å². The van der Waals surface area contributed by atoms with E-state index < -0.39 is 22.0 Å². The molecule has 2 aromatic rings. The summed E-state index contributed by atoms with van der Waals surface area (Å²) in [5.74, 6) is -1.33. The van der Waals surface area contributed by atoms with Gasteiger partial charge in [0, 0.05) is 18.6 Å². The van der Waals surface area contributed by atoms with Crippen molar-refractivity contribution < 1.29 is 27.5 Å². The fourth-order valence-corrected chi connectivity index (χ4v) is 2.80. The molecule has 0 aliphatic heterocycles. The molecule has 0 amide bonds. The Hall–Kier alpha value is -1.90. The minimum absolute atomic E-state index is 0.283. The third-order valence-corrected chi connectivity index (χ3v) is 3.92. The molecule has 20 heavy (non-hydrogen) atoms. The molecule has 0 fully saturated rings. The number of hydrogen-bond acceptors (Lipinski definition) is 5. The van der Waals surface area contributed by atoms with Crippen LogP contribution < -0.4 is 4.72 Å². The van der Waals surface area contributed by atoms with Crippen LogP contribution in [-0.4, -0.2) is 39.3 Å². The summed E-state index contributed by atoms with van der Waals surface area (Å²) in [7, 11) is -2.78. The van der Waals surface area contributed by atoms with Crippen LogP contribution in [0.5, 0.6) is 0 Å². The first kappa shape index (κ1) is 14.5. The number of furan rings is 1. The second kappa shape index (κ2) is 5.61. The largest absolute Gasteiger partial charge is 0.480 e. The maximum Gasteiger partial charge on any atom is 0.324 e. The molecule has 1 aromatic carbocycles. The Morgan fingerprint density at radius 1 is 1.45 bits per heavy atom. The smallest absolute Gasteiger partial charge is 0.324 e. The van der Waals surface area contributed by atoms with Gasteiger partial charge < -0.3 is 14.3 Å². The number of hydrogen-bond donors (Lipinski definition) is 2. The van der Waals surface area contributed by atoms with Crippen molar-refractivity contribution in [2.45, 2.75) is 11.1 Å². The van der Waals surface area contributed by atoms with Gasteiger partial charge in [-0.2, -0.15) is 4.72 Å². The third kappa shape index (κ3) is 2.98. The average Bonchev–Trinajstić information content (AvgIpc) is 2.82. The van der Waals surface area contributed by atoms with Crippen molar-refractivity contribution in [3.8, 4) is 0 Å². The van der Waals surface area contributed by atoms with E-state index >= 15 is 0 Å². The van der Waals surface area contributed by atoms with Crippen molar-refractivity contribution >= 4 is 27.0 Å². The molecule has 2 N–H and O–H groups in total. The predicted molar refractivity (Wildman–Crippen MR) is 69.8 cm³/mol. The predicted octanol–water partition coefficient (Wildman–Crippen LogP) is 0.811. The molecule has 0 saturated heterocycles. The Morgan fingerprint density at radius 2 is 2.15 bits per heavy atom. The molecule has 0 spiro atoms. The summed E-state index contributed by atoms with van der Waals surface area (Å²) in [5.41, 5.74) is 0.409. The summed E-state index contributed by atoms with van der Waals surface area (Å²) < 4.78 is 36.0. The van der Waals surface area contributed by atoms with Crippen molar-refractivity contribution in [1.29, 1.82) is 0 Å². The molecular weight excluding hydrogens is 286 g/mol. The quantitative estimate of drug-likeness (QED) is 0.817. The molecule has 0 bridgehead atoms. The minimum Gasteiger partial charge on any atom is -0.480 e. The lowest BCUT2D eigenvalue weighted by atomic mass is 10.3. The third-order valence-electron chi connectivity index (χ3n) is 2.60. The Labute approximate surface area is 115 Å². The second-order valence-corrected chi connectivity index (χ2v) is 5.72. The lowest BCUT2D eigenvalue weighted by Gasteiger charge is -2.12. The number of nitrogens with one attached hydrogen (secondary N) is 1. The highest BCUT2D eigenvalue weighted by Crippen LogP contribution is 2.22. The topological polar surface area (TPSA) is 106 Å². The van der Waals surface area contributed by atoms with Gasteiger partial charge in [0.05, 0.1) is 6.61 Å². The Morgan fingerprint density at radius 3 is 2.75 bits per heavy atom. The van der Waals surface area contributed by atoms with Gasteiger partial charge in [-0.15, -0.1) is 0 Å². The number of aliphatic carboxylic acids is 1. The maximum atomic E-state index is 12.1. The summed E-state index contributed by atoms with van der Waals surface area (Å²) in [5, 5.41) is 9.20. The van der Waals surface area contributed by atoms with E-state index in [0.29, 0.717) is 11.0 Å². The van der Waals surface area contributed by atoms with Crippen molar-refractivity contribution in [3.63, 3.8) is 0 Å². The normalized spacial score (nSPS) is 13.4. The average molecular weight is 299 g/mol. The molecule has 0 aliphatic rings. The number of sulfonamides is 1. The van der Waals surface area contributed by atoms with E-state index in [9.17, 15) is 13.2 Å². The first-order chi connectivity index (χ1) is 9.44. The van der Waals surface area contributed by atoms with E-state index in [1.165, 1.54) is 13.2 Å². The molecule has 108 valence electrons.